The van der Waals surface area contributed by atoms with Gasteiger partial charge in [-0.15, -0.1) is 0 Å². The van der Waals surface area contributed by atoms with Crippen molar-refractivity contribution in [2.24, 2.45) is 5.92 Å². The fraction of sp³-hybridized carbons (Fsp3) is 0.600. The molecule has 0 unspecified atom stereocenters. The SMILES string of the molecule is CC(C)=CCC(=O)[C@H](C)CCC/C(C=O)=C\CC/C(C)=C\CO. The normalized spacial score (nSPS) is 13.6. The number of hydrogen-bond acceptors (Lipinski definition) is 3. The molecule has 0 saturated carbocycles. The molecule has 0 aromatic heterocycles. The summed E-state index contributed by atoms with van der Waals surface area (Å²) in [7, 11) is 0. The lowest BCUT2D eigenvalue weighted by Gasteiger charge is -2.09. The Morgan fingerprint density at radius 2 is 1.78 bits per heavy atom. The molecule has 0 heterocycles. The van der Waals surface area contributed by atoms with Crippen molar-refractivity contribution < 1.29 is 14.7 Å². The molecule has 0 saturated heterocycles. The van der Waals surface area contributed by atoms with E-state index in [1.165, 1.54) is 5.57 Å². The summed E-state index contributed by atoms with van der Waals surface area (Å²) in [5.74, 6) is 0.320. The van der Waals surface area contributed by atoms with Crippen LogP contribution in [-0.4, -0.2) is 23.8 Å². The van der Waals surface area contributed by atoms with E-state index in [1.54, 1.807) is 6.08 Å². The van der Waals surface area contributed by atoms with Gasteiger partial charge in [0.15, 0.2) is 0 Å². The van der Waals surface area contributed by atoms with Gasteiger partial charge in [-0.05, 0) is 58.4 Å². The number of allylic oxidation sites excluding steroid dienone is 5. The lowest BCUT2D eigenvalue weighted by Crippen LogP contribution is -2.10. The average molecular weight is 320 g/mol. The third-order valence-corrected chi connectivity index (χ3v) is 3.90. The lowest BCUT2D eigenvalue weighted by molar-refractivity contribution is -0.121. The van der Waals surface area contributed by atoms with Gasteiger partial charge in [-0.2, -0.15) is 0 Å². The maximum Gasteiger partial charge on any atom is 0.145 e. The quantitative estimate of drug-likeness (QED) is 0.326. The Bertz CT molecular complexity index is 452. The fourth-order valence-electron chi connectivity index (χ4n) is 2.23. The highest BCUT2D eigenvalue weighted by Crippen LogP contribution is 2.15. The third kappa shape index (κ3) is 11.7. The third-order valence-electron chi connectivity index (χ3n) is 3.90. The average Bonchev–Trinajstić information content (AvgIpc) is 2.50. The summed E-state index contributed by atoms with van der Waals surface area (Å²) >= 11 is 0. The Balaban J connectivity index is 4.16. The number of aldehydes is 1. The maximum atomic E-state index is 11.9. The van der Waals surface area contributed by atoms with Gasteiger partial charge in [-0.1, -0.05) is 36.3 Å². The zero-order valence-electron chi connectivity index (χ0n) is 15.1. The van der Waals surface area contributed by atoms with Gasteiger partial charge in [0.05, 0.1) is 6.61 Å². The second-order valence-corrected chi connectivity index (χ2v) is 6.41. The van der Waals surface area contributed by atoms with Crippen molar-refractivity contribution in [3.05, 3.63) is 34.9 Å². The van der Waals surface area contributed by atoms with Crippen LogP contribution in [0.25, 0.3) is 0 Å². The van der Waals surface area contributed by atoms with E-state index in [0.29, 0.717) is 6.42 Å². The van der Waals surface area contributed by atoms with Crippen molar-refractivity contribution in [2.45, 2.75) is 66.2 Å². The van der Waals surface area contributed by atoms with Crippen LogP contribution in [0.4, 0.5) is 0 Å². The molecule has 0 bridgehead atoms. The van der Waals surface area contributed by atoms with Gasteiger partial charge in [0.1, 0.15) is 12.1 Å². The predicted molar refractivity (Wildman–Crippen MR) is 96.3 cm³/mol. The summed E-state index contributed by atoms with van der Waals surface area (Å²) in [5, 5.41) is 8.79. The highest BCUT2D eigenvalue weighted by molar-refractivity contribution is 5.82. The molecule has 3 nitrogen and oxygen atoms in total. The van der Waals surface area contributed by atoms with Gasteiger partial charge >= 0.3 is 0 Å². The highest BCUT2D eigenvalue weighted by atomic mass is 16.2. The van der Waals surface area contributed by atoms with E-state index in [9.17, 15) is 9.59 Å². The van der Waals surface area contributed by atoms with E-state index in [0.717, 1.165) is 49.5 Å². The Hall–Kier alpha value is -1.48. The molecule has 0 amide bonds. The van der Waals surface area contributed by atoms with E-state index >= 15 is 0 Å². The van der Waals surface area contributed by atoms with Crippen LogP contribution in [0.2, 0.25) is 0 Å². The van der Waals surface area contributed by atoms with Crippen LogP contribution in [0.5, 0.6) is 0 Å². The van der Waals surface area contributed by atoms with Gasteiger partial charge in [0.2, 0.25) is 0 Å². The molecule has 0 aromatic rings. The van der Waals surface area contributed by atoms with Gasteiger partial charge in [-0.25, -0.2) is 0 Å². The molecule has 0 rings (SSSR count). The number of hydrogen-bond donors (Lipinski definition) is 1. The van der Waals surface area contributed by atoms with Gasteiger partial charge < -0.3 is 5.11 Å². The number of Topliss-reactive ketones (excluding diaryl/α,β-unsaturated/α-hetero) is 1. The minimum atomic E-state index is 0.0493. The number of aliphatic hydroxyl groups is 1. The number of ketones is 1. The molecule has 0 aromatic carbocycles. The van der Waals surface area contributed by atoms with E-state index in [4.69, 9.17) is 5.11 Å². The molecule has 1 atom stereocenters. The van der Waals surface area contributed by atoms with Gasteiger partial charge in [0.25, 0.3) is 0 Å². The molecule has 0 aliphatic carbocycles. The second-order valence-electron chi connectivity index (χ2n) is 6.41. The predicted octanol–water partition coefficient (Wildman–Crippen LogP) is 4.56. The van der Waals surface area contributed by atoms with Crippen molar-refractivity contribution in [1.82, 2.24) is 0 Å². The minimum absolute atomic E-state index is 0.0493. The first-order chi connectivity index (χ1) is 10.9. The fourth-order valence-corrected chi connectivity index (χ4v) is 2.23. The van der Waals surface area contributed by atoms with Crippen LogP contribution in [0.15, 0.2) is 34.9 Å². The Kier molecular flexibility index (Phi) is 12.2. The van der Waals surface area contributed by atoms with Crippen LogP contribution in [0.1, 0.15) is 66.2 Å². The molecule has 130 valence electrons. The Labute approximate surface area is 141 Å². The largest absolute Gasteiger partial charge is 0.392 e. The summed E-state index contributed by atoms with van der Waals surface area (Å²) in [4.78, 5) is 23.0. The van der Waals surface area contributed by atoms with Crippen LogP contribution in [0.3, 0.4) is 0 Å². The molecule has 0 aliphatic rings. The van der Waals surface area contributed by atoms with E-state index in [1.807, 2.05) is 39.8 Å². The van der Waals surface area contributed by atoms with Crippen molar-refractivity contribution in [1.29, 1.82) is 0 Å². The first kappa shape index (κ1) is 21.5. The molecule has 0 aliphatic heterocycles. The molecule has 0 spiro atoms. The van der Waals surface area contributed by atoms with Crippen molar-refractivity contribution >= 4 is 12.1 Å². The minimum Gasteiger partial charge on any atom is -0.392 e. The standard InChI is InChI=1S/C20H32O3/c1-16(2)11-12-20(23)18(4)8-6-10-19(15-22)9-5-7-17(3)13-14-21/h9,11,13,15,18,21H,5-8,10,12,14H2,1-4H3/b17-13-,19-9+/t18-/m1/s1. The van der Waals surface area contributed by atoms with E-state index < -0.39 is 0 Å². The Morgan fingerprint density at radius 1 is 1.09 bits per heavy atom. The number of rotatable bonds is 12. The van der Waals surface area contributed by atoms with Crippen LogP contribution >= 0.6 is 0 Å². The summed E-state index contributed by atoms with van der Waals surface area (Å²) in [6.45, 7) is 8.00. The lowest BCUT2D eigenvalue weighted by atomic mass is 9.95. The number of carbonyl (C=O) groups is 2. The maximum absolute atomic E-state index is 11.9. The van der Waals surface area contributed by atoms with Crippen molar-refractivity contribution in [3.8, 4) is 0 Å². The highest BCUT2D eigenvalue weighted by Gasteiger charge is 2.11. The second kappa shape index (κ2) is 13.0. The summed E-state index contributed by atoms with van der Waals surface area (Å²) in [6.07, 6.45) is 11.2. The smallest absolute Gasteiger partial charge is 0.145 e. The summed E-state index contributed by atoms with van der Waals surface area (Å²) in [5.41, 5.74) is 3.11. The number of carbonyl (C=O) groups excluding carboxylic acids is 2. The molecule has 0 fully saturated rings. The zero-order chi connectivity index (χ0) is 17.7. The molecule has 1 N–H and O–H groups in total. The molecular formula is C20H32O3. The Morgan fingerprint density at radius 3 is 2.35 bits per heavy atom. The molecular weight excluding hydrogens is 288 g/mol. The first-order valence-corrected chi connectivity index (χ1v) is 8.47. The van der Waals surface area contributed by atoms with Crippen LogP contribution in [0, 0.1) is 5.92 Å². The monoisotopic (exact) mass is 320 g/mol. The topological polar surface area (TPSA) is 54.4 Å². The summed E-state index contributed by atoms with van der Waals surface area (Å²) in [6, 6.07) is 0. The first-order valence-electron chi connectivity index (χ1n) is 8.47. The van der Waals surface area contributed by atoms with E-state index in [-0.39, 0.29) is 18.3 Å². The van der Waals surface area contributed by atoms with Crippen molar-refractivity contribution in [2.75, 3.05) is 6.61 Å². The zero-order valence-corrected chi connectivity index (χ0v) is 15.1. The van der Waals surface area contributed by atoms with Gasteiger partial charge in [-0.3, -0.25) is 9.59 Å². The van der Waals surface area contributed by atoms with Crippen molar-refractivity contribution in [3.63, 3.8) is 0 Å². The molecule has 0 radical (unpaired) electrons. The van der Waals surface area contributed by atoms with Gasteiger partial charge in [0, 0.05) is 12.3 Å². The molecule has 3 heteroatoms. The number of aliphatic hydroxyl groups excluding tert-OH is 1. The summed E-state index contributed by atoms with van der Waals surface area (Å²) < 4.78 is 0. The van der Waals surface area contributed by atoms with E-state index in [2.05, 4.69) is 0 Å². The van der Waals surface area contributed by atoms with Crippen LogP contribution in [-0.2, 0) is 9.59 Å². The molecule has 23 heavy (non-hydrogen) atoms. The van der Waals surface area contributed by atoms with Crippen LogP contribution < -0.4 is 0 Å².